The molecule has 218 valence electrons. The Bertz CT molecular complexity index is 1580. The molecule has 0 spiro atoms. The molecule has 42 heavy (non-hydrogen) atoms. The predicted octanol–water partition coefficient (Wildman–Crippen LogP) is 4.66. The number of carboxylic acid groups (broad SMARTS) is 1. The van der Waals surface area contributed by atoms with Crippen LogP contribution in [0.4, 0.5) is 22.0 Å². The molecule has 4 aromatic rings. The molecule has 0 unspecified atom stereocenters. The Labute approximate surface area is 246 Å². The van der Waals surface area contributed by atoms with Crippen molar-refractivity contribution in [1.82, 2.24) is 15.2 Å². The molecule has 11 nitrogen and oxygen atoms in total. The lowest BCUT2D eigenvalue weighted by Crippen LogP contribution is -2.43. The molecule has 0 radical (unpaired) electrons. The lowest BCUT2D eigenvalue weighted by Gasteiger charge is -2.27. The van der Waals surface area contributed by atoms with Crippen molar-refractivity contribution >= 4 is 51.1 Å². The van der Waals surface area contributed by atoms with E-state index in [1.807, 2.05) is 24.3 Å². The Kier molecular flexibility index (Phi) is 9.27. The van der Waals surface area contributed by atoms with Gasteiger partial charge in [-0.15, -0.1) is 0 Å². The number of anilines is 3. The maximum atomic E-state index is 12.8. The molecule has 1 saturated heterocycles. The molecule has 2 heterocycles. The van der Waals surface area contributed by atoms with Crippen LogP contribution in [0.5, 0.6) is 17.2 Å². The van der Waals surface area contributed by atoms with Gasteiger partial charge in [-0.3, -0.25) is 15.0 Å². The number of hydrogen-bond donors (Lipinski definition) is 4. The van der Waals surface area contributed by atoms with Gasteiger partial charge in [-0.25, -0.2) is 9.78 Å². The van der Waals surface area contributed by atoms with E-state index in [1.165, 1.54) is 7.11 Å². The summed E-state index contributed by atoms with van der Waals surface area (Å²) >= 11 is -0.727. The Morgan fingerprint density at radius 3 is 2.57 bits per heavy atom. The lowest BCUT2D eigenvalue weighted by atomic mass is 10.1. The van der Waals surface area contributed by atoms with Crippen LogP contribution in [0.15, 0.2) is 72.9 Å². The number of carbonyl (C=O) groups is 2. The molecule has 4 N–H and O–H groups in total. The second-order valence-corrected chi connectivity index (χ2v) is 11.2. The van der Waals surface area contributed by atoms with Crippen LogP contribution in [-0.4, -0.2) is 76.3 Å². The van der Waals surface area contributed by atoms with E-state index < -0.39 is 17.3 Å². The van der Waals surface area contributed by atoms with Crippen molar-refractivity contribution < 1.29 is 28.7 Å². The molecule has 3 aromatic carbocycles. The van der Waals surface area contributed by atoms with Crippen LogP contribution < -0.4 is 25.4 Å². The van der Waals surface area contributed by atoms with Gasteiger partial charge in [0.25, 0.3) is 5.91 Å². The normalized spacial score (nSPS) is 13.9. The molecule has 0 atom stereocenters. The number of amides is 2. The minimum absolute atomic E-state index is 0.232. The summed E-state index contributed by atoms with van der Waals surface area (Å²) in [6.07, 6.45) is 0.469. The van der Waals surface area contributed by atoms with Gasteiger partial charge in [0.2, 0.25) is 0 Å². The number of carbonyl (C=O) groups excluding carboxylic acids is 1. The molecular formula is C30H31N5O6S. The van der Waals surface area contributed by atoms with Crippen molar-refractivity contribution in [3.05, 3.63) is 78.5 Å². The number of aromatic nitrogens is 1. The van der Waals surface area contributed by atoms with Crippen LogP contribution in [0.1, 0.15) is 10.4 Å². The number of methoxy groups -OCH3 is 1. The van der Waals surface area contributed by atoms with E-state index in [4.69, 9.17) is 14.6 Å². The average Bonchev–Trinajstić information content (AvgIpc) is 2.99. The van der Waals surface area contributed by atoms with Crippen molar-refractivity contribution in [3.8, 4) is 17.2 Å². The molecule has 1 aliphatic rings. The van der Waals surface area contributed by atoms with Gasteiger partial charge in [0.1, 0.15) is 34.6 Å². The summed E-state index contributed by atoms with van der Waals surface area (Å²) in [6.45, 7) is 2.74. The fourth-order valence-corrected chi connectivity index (χ4v) is 5.81. The van der Waals surface area contributed by atoms with E-state index in [2.05, 4.69) is 25.8 Å². The Balaban J connectivity index is 1.24. The van der Waals surface area contributed by atoms with Crippen LogP contribution in [0.25, 0.3) is 10.8 Å². The van der Waals surface area contributed by atoms with Gasteiger partial charge in [0, 0.05) is 61.0 Å². The first kappa shape index (κ1) is 29.0. The lowest BCUT2D eigenvalue weighted by molar-refractivity contribution is 0.0945. The fourth-order valence-electron chi connectivity index (χ4n) is 4.68. The van der Waals surface area contributed by atoms with Crippen LogP contribution >= 0.6 is 0 Å². The highest BCUT2D eigenvalue weighted by Gasteiger charge is 2.19. The van der Waals surface area contributed by atoms with Gasteiger partial charge >= 0.3 is 6.09 Å². The average molecular weight is 590 g/mol. The minimum Gasteiger partial charge on any atom is -0.616 e. The van der Waals surface area contributed by atoms with E-state index >= 15 is 0 Å². The number of ether oxygens (including phenoxy) is 2. The highest BCUT2D eigenvalue weighted by molar-refractivity contribution is 7.91. The molecule has 12 heteroatoms. The monoisotopic (exact) mass is 589 g/mol. The minimum atomic E-state index is -1.14. The third kappa shape index (κ3) is 7.21. The van der Waals surface area contributed by atoms with Crippen LogP contribution in [0.3, 0.4) is 0 Å². The number of nitrogens with one attached hydrogen (secondary N) is 3. The standard InChI is InChI=1S/C30H31N5O6S/c1-40-27-18-20(6-7-24(27)29(36)32-12-13-35-14-16-42(39)17-15-35)33-28-19-21(10-11-31-28)41-26-9-8-25(34-30(37)38)22-4-2-3-5-23(22)26/h2-11,18-19,34H,12-17H2,1H3,(H,31,33)(H,32,36)(H,37,38). The Morgan fingerprint density at radius 1 is 1.02 bits per heavy atom. The van der Waals surface area contributed by atoms with Gasteiger partial charge in [0.15, 0.2) is 0 Å². The summed E-state index contributed by atoms with van der Waals surface area (Å²) in [5.74, 6) is 3.14. The summed E-state index contributed by atoms with van der Waals surface area (Å²) < 4.78 is 23.2. The molecule has 0 saturated carbocycles. The van der Waals surface area contributed by atoms with Crippen LogP contribution in [0.2, 0.25) is 0 Å². The topological polar surface area (TPSA) is 148 Å². The molecule has 1 fully saturated rings. The Morgan fingerprint density at radius 2 is 1.81 bits per heavy atom. The van der Waals surface area contributed by atoms with E-state index in [0.717, 1.165) is 18.5 Å². The van der Waals surface area contributed by atoms with Crippen LogP contribution in [0, 0.1) is 0 Å². The zero-order chi connectivity index (χ0) is 29.5. The van der Waals surface area contributed by atoms with Gasteiger partial charge < -0.3 is 29.8 Å². The molecule has 5 rings (SSSR count). The maximum Gasteiger partial charge on any atom is 0.409 e. The van der Waals surface area contributed by atoms with E-state index in [-0.39, 0.29) is 5.91 Å². The summed E-state index contributed by atoms with van der Waals surface area (Å²) in [7, 11) is 1.51. The first-order valence-electron chi connectivity index (χ1n) is 13.4. The molecular weight excluding hydrogens is 558 g/mol. The second kappa shape index (κ2) is 13.4. The number of hydrogen-bond acceptors (Lipinski definition) is 8. The molecule has 0 bridgehead atoms. The van der Waals surface area contributed by atoms with Gasteiger partial charge in [-0.1, -0.05) is 35.4 Å². The molecule has 1 aliphatic heterocycles. The van der Waals surface area contributed by atoms with Gasteiger partial charge in [-0.05, 0) is 30.3 Å². The third-order valence-corrected chi connectivity index (χ3v) is 8.06. The zero-order valence-electron chi connectivity index (χ0n) is 23.0. The molecule has 1 aromatic heterocycles. The first-order chi connectivity index (χ1) is 20.4. The summed E-state index contributed by atoms with van der Waals surface area (Å²) in [4.78, 5) is 30.6. The van der Waals surface area contributed by atoms with Crippen LogP contribution in [-0.2, 0) is 11.2 Å². The zero-order valence-corrected chi connectivity index (χ0v) is 23.8. The largest absolute Gasteiger partial charge is 0.616 e. The summed E-state index contributed by atoms with van der Waals surface area (Å²) in [6, 6.07) is 19.4. The fraction of sp³-hybridized carbons (Fsp3) is 0.233. The van der Waals surface area contributed by atoms with E-state index in [1.54, 1.807) is 48.7 Å². The number of fused-ring (bicyclic) bond motifs is 1. The number of rotatable bonds is 10. The van der Waals surface area contributed by atoms with E-state index in [9.17, 15) is 14.1 Å². The number of benzene rings is 3. The van der Waals surface area contributed by atoms with Gasteiger partial charge in [-0.2, -0.15) is 0 Å². The quantitative estimate of drug-likeness (QED) is 0.194. The first-order valence-corrected chi connectivity index (χ1v) is 14.8. The van der Waals surface area contributed by atoms with Gasteiger partial charge in [0.05, 0.1) is 18.4 Å². The third-order valence-electron chi connectivity index (χ3n) is 6.79. The van der Waals surface area contributed by atoms with Crippen molar-refractivity contribution in [2.75, 3.05) is 55.4 Å². The Hall–Kier alpha value is -4.52. The van der Waals surface area contributed by atoms with Crippen molar-refractivity contribution in [2.45, 2.75) is 0 Å². The highest BCUT2D eigenvalue weighted by Crippen LogP contribution is 2.35. The van der Waals surface area contributed by atoms with Crippen molar-refractivity contribution in [1.29, 1.82) is 0 Å². The smallest absolute Gasteiger partial charge is 0.409 e. The SMILES string of the molecule is COc1cc(Nc2cc(Oc3ccc(NC(=O)O)c4ccccc34)ccn2)ccc1C(=O)NCCN1CC[S+]([O-])CC1. The number of nitrogens with zero attached hydrogens (tertiary/aromatic N) is 2. The molecule has 2 amide bonds. The maximum absolute atomic E-state index is 12.8. The van der Waals surface area contributed by atoms with E-state index in [0.29, 0.717) is 70.0 Å². The van der Waals surface area contributed by atoms with Crippen molar-refractivity contribution in [2.24, 2.45) is 0 Å². The summed E-state index contributed by atoms with van der Waals surface area (Å²) in [5, 5.41) is 19.2. The summed E-state index contributed by atoms with van der Waals surface area (Å²) in [5.41, 5.74) is 1.55. The highest BCUT2D eigenvalue weighted by atomic mass is 32.2. The second-order valence-electron chi connectivity index (χ2n) is 9.55. The molecule has 0 aliphatic carbocycles. The van der Waals surface area contributed by atoms with Crippen molar-refractivity contribution in [3.63, 3.8) is 0 Å². The number of pyridine rings is 1. The predicted molar refractivity (Wildman–Crippen MR) is 163 cm³/mol.